The number of hydrogen-bond acceptors (Lipinski definition) is 3. The van der Waals surface area contributed by atoms with Gasteiger partial charge in [0.25, 0.3) is 0 Å². The van der Waals surface area contributed by atoms with Crippen LogP contribution < -0.4 is 15.4 Å². The molecule has 0 atom stereocenters. The molecule has 1 aromatic rings. The molecule has 0 aliphatic carbocycles. The third kappa shape index (κ3) is 2.58. The summed E-state index contributed by atoms with van der Waals surface area (Å²) >= 11 is 0. The van der Waals surface area contributed by atoms with E-state index in [2.05, 4.69) is 0 Å². The smallest absolute Gasteiger partial charge is 0.250 e. The van der Waals surface area contributed by atoms with Gasteiger partial charge in [0.2, 0.25) is 18.3 Å². The predicted octanol–water partition coefficient (Wildman–Crippen LogP) is -2.16. The van der Waals surface area contributed by atoms with E-state index in [1.165, 1.54) is 18.7 Å². The molecular formula is C7H9N3O3. The molecule has 1 aromatic heterocycles. The molecule has 0 aromatic carbocycles. The number of nitrogens with two attached hydrogens (primary N) is 1. The molecule has 0 spiro atoms. The second-order valence-electron chi connectivity index (χ2n) is 2.54. The molecule has 1 amide bonds. The van der Waals surface area contributed by atoms with Crippen LogP contribution in [0.5, 0.6) is 0 Å². The highest BCUT2D eigenvalue weighted by Crippen LogP contribution is 1.87. The predicted molar refractivity (Wildman–Crippen MR) is 39.2 cm³/mol. The van der Waals surface area contributed by atoms with Crippen molar-refractivity contribution in [1.82, 2.24) is 4.57 Å². The van der Waals surface area contributed by atoms with E-state index in [9.17, 15) is 14.7 Å². The fourth-order valence-corrected chi connectivity index (χ4v) is 0.874. The van der Waals surface area contributed by atoms with Crippen LogP contribution in [-0.4, -0.2) is 16.6 Å². The Morgan fingerprint density at radius 1 is 1.54 bits per heavy atom. The first-order valence-corrected chi connectivity index (χ1v) is 3.66. The normalized spacial score (nSPS) is 9.85. The average molecular weight is 183 g/mol. The summed E-state index contributed by atoms with van der Waals surface area (Å²) in [7, 11) is 0. The Labute approximate surface area is 74.2 Å². The monoisotopic (exact) mass is 183 g/mol. The van der Waals surface area contributed by atoms with Crippen molar-refractivity contribution >= 4 is 12.0 Å². The SMILES string of the molecule is NC(=O)CCn1cc[n+](C(=O)[O-])c1. The molecule has 70 valence electrons. The topological polar surface area (TPSA) is 92.0 Å². The van der Waals surface area contributed by atoms with Crippen molar-refractivity contribution in [3.05, 3.63) is 18.7 Å². The zero-order valence-corrected chi connectivity index (χ0v) is 6.84. The highest BCUT2D eigenvalue weighted by atomic mass is 16.4. The number of carboxylic acid groups (broad SMARTS) is 1. The van der Waals surface area contributed by atoms with E-state index in [1.807, 2.05) is 0 Å². The van der Waals surface area contributed by atoms with Crippen molar-refractivity contribution in [2.24, 2.45) is 5.73 Å². The van der Waals surface area contributed by atoms with Crippen LogP contribution >= 0.6 is 0 Å². The first-order chi connectivity index (χ1) is 6.09. The number of aryl methyl sites for hydroxylation is 1. The summed E-state index contributed by atoms with van der Waals surface area (Å²) < 4.78 is 2.43. The van der Waals surface area contributed by atoms with E-state index in [-0.39, 0.29) is 6.42 Å². The van der Waals surface area contributed by atoms with E-state index in [0.717, 1.165) is 4.57 Å². The summed E-state index contributed by atoms with van der Waals surface area (Å²) in [6.45, 7) is 0.371. The van der Waals surface area contributed by atoms with Crippen LogP contribution in [0.1, 0.15) is 6.42 Å². The Kier molecular flexibility index (Phi) is 2.63. The third-order valence-electron chi connectivity index (χ3n) is 1.52. The number of nitrogens with zero attached hydrogens (tertiary/aromatic N) is 2. The lowest BCUT2D eigenvalue weighted by Gasteiger charge is -1.93. The molecule has 0 aliphatic rings. The van der Waals surface area contributed by atoms with Crippen LogP contribution in [0.3, 0.4) is 0 Å². The van der Waals surface area contributed by atoms with Crippen LogP contribution in [0.15, 0.2) is 18.7 Å². The highest BCUT2D eigenvalue weighted by molar-refractivity contribution is 5.73. The van der Waals surface area contributed by atoms with Gasteiger partial charge in [-0.25, -0.2) is 4.57 Å². The zero-order chi connectivity index (χ0) is 9.84. The molecule has 2 N–H and O–H groups in total. The summed E-state index contributed by atoms with van der Waals surface area (Å²) in [6, 6.07) is 0. The number of amides is 1. The van der Waals surface area contributed by atoms with Crippen LogP contribution in [0, 0.1) is 0 Å². The molecule has 0 fully saturated rings. The first-order valence-electron chi connectivity index (χ1n) is 3.66. The minimum Gasteiger partial charge on any atom is -0.510 e. The minimum absolute atomic E-state index is 0.182. The van der Waals surface area contributed by atoms with Crippen molar-refractivity contribution in [2.45, 2.75) is 13.0 Å². The Morgan fingerprint density at radius 2 is 2.23 bits per heavy atom. The maximum absolute atomic E-state index is 10.4. The lowest BCUT2D eigenvalue weighted by molar-refractivity contribution is -0.630. The first kappa shape index (κ1) is 9.24. The standard InChI is InChI=1S/C7H9N3O3/c8-6(11)1-2-9-3-4-10(5-9)7(12)13/h3-5H,1-2H2,(H2-,8,11,12,13). The zero-order valence-electron chi connectivity index (χ0n) is 6.84. The summed E-state index contributed by atoms with van der Waals surface area (Å²) in [5, 5.41) is 10.3. The van der Waals surface area contributed by atoms with Gasteiger partial charge in [0.1, 0.15) is 12.4 Å². The quantitative estimate of drug-likeness (QED) is 0.541. The lowest BCUT2D eigenvalue weighted by Crippen LogP contribution is -2.50. The van der Waals surface area contributed by atoms with Gasteiger partial charge in [-0.2, -0.15) is 4.57 Å². The number of rotatable bonds is 3. The van der Waals surface area contributed by atoms with E-state index >= 15 is 0 Å². The summed E-state index contributed by atoms with van der Waals surface area (Å²) in [5.41, 5.74) is 4.92. The number of hydrogen-bond donors (Lipinski definition) is 1. The van der Waals surface area contributed by atoms with Gasteiger partial charge in [0.05, 0.1) is 13.0 Å². The van der Waals surface area contributed by atoms with Gasteiger partial charge in [0, 0.05) is 0 Å². The van der Waals surface area contributed by atoms with Gasteiger partial charge in [-0.1, -0.05) is 0 Å². The van der Waals surface area contributed by atoms with Crippen LogP contribution in [0.2, 0.25) is 0 Å². The van der Waals surface area contributed by atoms with E-state index < -0.39 is 12.0 Å². The van der Waals surface area contributed by atoms with Crippen LogP contribution in [0.4, 0.5) is 4.79 Å². The molecule has 0 saturated heterocycles. The summed E-state index contributed by atoms with van der Waals surface area (Å²) in [5.74, 6) is -0.422. The van der Waals surface area contributed by atoms with Crippen LogP contribution in [0.25, 0.3) is 0 Å². The summed E-state index contributed by atoms with van der Waals surface area (Å²) in [6.07, 6.45) is 3.05. The molecule has 0 bridgehead atoms. The number of carbonyl (C=O) groups is 2. The molecule has 0 unspecified atom stereocenters. The van der Waals surface area contributed by atoms with Crippen molar-refractivity contribution in [2.75, 3.05) is 0 Å². The number of imidazole rings is 1. The summed E-state index contributed by atoms with van der Waals surface area (Å²) in [4.78, 5) is 20.7. The van der Waals surface area contributed by atoms with E-state index in [1.54, 1.807) is 4.57 Å². The Bertz CT molecular complexity index is 331. The van der Waals surface area contributed by atoms with Gasteiger partial charge < -0.3 is 15.6 Å². The molecule has 0 aliphatic heterocycles. The molecule has 0 saturated carbocycles. The second kappa shape index (κ2) is 3.70. The number of carbonyl (C=O) groups excluding carboxylic acids is 2. The van der Waals surface area contributed by atoms with Gasteiger partial charge in [-0.15, -0.1) is 0 Å². The average Bonchev–Trinajstić information content (AvgIpc) is 2.48. The van der Waals surface area contributed by atoms with Gasteiger partial charge in [-0.3, -0.25) is 4.79 Å². The Hall–Kier alpha value is -1.85. The molecular weight excluding hydrogens is 174 g/mol. The van der Waals surface area contributed by atoms with Crippen molar-refractivity contribution in [1.29, 1.82) is 0 Å². The van der Waals surface area contributed by atoms with Crippen molar-refractivity contribution < 1.29 is 19.3 Å². The number of aromatic nitrogens is 2. The molecule has 13 heavy (non-hydrogen) atoms. The molecule has 0 radical (unpaired) electrons. The molecule has 6 nitrogen and oxygen atoms in total. The second-order valence-corrected chi connectivity index (χ2v) is 2.54. The fraction of sp³-hybridized carbons (Fsp3) is 0.286. The van der Waals surface area contributed by atoms with Crippen molar-refractivity contribution in [3.63, 3.8) is 0 Å². The Balaban J connectivity index is 2.59. The van der Waals surface area contributed by atoms with E-state index in [4.69, 9.17) is 5.73 Å². The third-order valence-corrected chi connectivity index (χ3v) is 1.52. The highest BCUT2D eigenvalue weighted by Gasteiger charge is 2.05. The maximum Gasteiger partial charge on any atom is 0.250 e. The molecule has 1 rings (SSSR count). The lowest BCUT2D eigenvalue weighted by atomic mass is 10.4. The Morgan fingerprint density at radius 3 is 2.69 bits per heavy atom. The molecule has 6 heteroatoms. The fourth-order valence-electron chi connectivity index (χ4n) is 0.874. The van der Waals surface area contributed by atoms with Crippen LogP contribution in [-0.2, 0) is 11.3 Å². The van der Waals surface area contributed by atoms with E-state index in [0.29, 0.717) is 6.54 Å². The van der Waals surface area contributed by atoms with Crippen molar-refractivity contribution in [3.8, 4) is 0 Å². The van der Waals surface area contributed by atoms with Gasteiger partial charge in [0.15, 0.2) is 0 Å². The van der Waals surface area contributed by atoms with Gasteiger partial charge in [-0.05, 0) is 0 Å². The molecule has 1 heterocycles. The largest absolute Gasteiger partial charge is 0.510 e. The minimum atomic E-state index is -1.31. The number of primary amides is 1. The maximum atomic E-state index is 10.4. The van der Waals surface area contributed by atoms with Gasteiger partial charge >= 0.3 is 0 Å².